The van der Waals surface area contributed by atoms with Gasteiger partial charge in [0.25, 0.3) is 0 Å². The average molecular weight is 513 g/mol. The maximum Gasteiger partial charge on any atom is 0.309 e. The van der Waals surface area contributed by atoms with Gasteiger partial charge in [-0.25, -0.2) is 0 Å². The Morgan fingerprint density at radius 2 is 1.64 bits per heavy atom. The summed E-state index contributed by atoms with van der Waals surface area (Å²) in [5.74, 6) is -2.15. The van der Waals surface area contributed by atoms with Crippen molar-refractivity contribution < 1.29 is 40.2 Å². The Hall–Kier alpha value is -0.770. The predicted molar refractivity (Wildman–Crippen MR) is 132 cm³/mol. The molecule has 1 aliphatic heterocycles. The maximum absolute atomic E-state index is 13.0. The molecule has 0 aromatic rings. The van der Waals surface area contributed by atoms with Gasteiger partial charge in [-0.05, 0) is 81.0 Å². The smallest absolute Gasteiger partial charge is 0.309 e. The molecule has 8 nitrogen and oxygen atoms in total. The predicted octanol–water partition coefficient (Wildman–Crippen LogP) is 1.62. The summed E-state index contributed by atoms with van der Waals surface area (Å²) in [5.41, 5.74) is -3.41. The van der Waals surface area contributed by atoms with Crippen LogP contribution in [0.4, 0.5) is 0 Å². The summed E-state index contributed by atoms with van der Waals surface area (Å²) < 4.78 is 5.75. The quantitative estimate of drug-likeness (QED) is 0.305. The topological polar surface area (TPSA) is 148 Å². The Labute approximate surface area is 215 Å². The molecule has 8 heteroatoms. The van der Waals surface area contributed by atoms with Gasteiger partial charge in [-0.2, -0.15) is 0 Å². The van der Waals surface area contributed by atoms with E-state index >= 15 is 0 Å². The van der Waals surface area contributed by atoms with Crippen LogP contribution in [0.3, 0.4) is 0 Å². The molecule has 0 spiro atoms. The molecule has 3 saturated carbocycles. The summed E-state index contributed by atoms with van der Waals surface area (Å²) in [6.07, 6.45) is -0.956. The second kappa shape index (κ2) is 9.16. The summed E-state index contributed by atoms with van der Waals surface area (Å²) >= 11 is 0. The molecule has 6 N–H and O–H groups in total. The monoisotopic (exact) mass is 512 g/mol. The Morgan fingerprint density at radius 3 is 2.25 bits per heavy atom. The average Bonchev–Trinajstić information content (AvgIpc) is 3.02. The van der Waals surface area contributed by atoms with Gasteiger partial charge < -0.3 is 35.4 Å². The van der Waals surface area contributed by atoms with E-state index in [1.807, 2.05) is 13.8 Å². The highest BCUT2D eigenvalue weighted by Crippen LogP contribution is 2.67. The lowest BCUT2D eigenvalue weighted by molar-refractivity contribution is -0.202. The maximum atomic E-state index is 13.0. The van der Waals surface area contributed by atoms with E-state index in [9.17, 15) is 35.4 Å². The van der Waals surface area contributed by atoms with Crippen molar-refractivity contribution in [2.75, 3.05) is 6.61 Å². The summed E-state index contributed by atoms with van der Waals surface area (Å²) in [6.45, 7) is 11.1. The molecule has 1 saturated heterocycles. The zero-order valence-corrected chi connectivity index (χ0v) is 22.7. The van der Waals surface area contributed by atoms with Gasteiger partial charge in [-0.3, -0.25) is 4.79 Å². The first-order valence-corrected chi connectivity index (χ1v) is 13.8. The van der Waals surface area contributed by atoms with E-state index in [4.69, 9.17) is 4.74 Å². The molecule has 13 atom stereocenters. The first-order valence-electron chi connectivity index (χ1n) is 13.8. The molecule has 4 fully saturated rings. The molecular weight excluding hydrogens is 464 g/mol. The highest BCUT2D eigenvalue weighted by atomic mass is 16.5. The third-order valence-corrected chi connectivity index (χ3v) is 11.8. The molecule has 0 aromatic heterocycles. The molecule has 0 bridgehead atoms. The van der Waals surface area contributed by atoms with Gasteiger partial charge in [0, 0.05) is 11.8 Å². The molecule has 0 aromatic carbocycles. The van der Waals surface area contributed by atoms with Crippen molar-refractivity contribution in [2.24, 2.45) is 46.3 Å². The molecule has 36 heavy (non-hydrogen) atoms. The second-order valence-corrected chi connectivity index (χ2v) is 13.8. The number of rotatable bonds is 5. The van der Waals surface area contributed by atoms with Gasteiger partial charge in [0.05, 0.1) is 48.1 Å². The van der Waals surface area contributed by atoms with Crippen molar-refractivity contribution in [1.29, 1.82) is 0 Å². The highest BCUT2D eigenvalue weighted by Gasteiger charge is 2.69. The molecule has 4 aliphatic rings. The summed E-state index contributed by atoms with van der Waals surface area (Å²) in [4.78, 5) is 13.0. The fraction of sp³-hybridized carbons (Fsp3) is 0.964. The molecular formula is C28H48O8. The number of cyclic esters (lactones) is 1. The van der Waals surface area contributed by atoms with Gasteiger partial charge in [-0.1, -0.05) is 27.7 Å². The Bertz CT molecular complexity index is 842. The number of ether oxygens (including phenoxy) is 1. The minimum atomic E-state index is -1.15. The van der Waals surface area contributed by atoms with E-state index in [1.54, 1.807) is 20.8 Å². The van der Waals surface area contributed by atoms with Crippen LogP contribution < -0.4 is 0 Å². The van der Waals surface area contributed by atoms with Crippen molar-refractivity contribution in [1.82, 2.24) is 0 Å². The Morgan fingerprint density at radius 1 is 1.00 bits per heavy atom. The minimum absolute atomic E-state index is 0.0473. The van der Waals surface area contributed by atoms with Crippen LogP contribution in [0.5, 0.6) is 0 Å². The number of aliphatic hydroxyl groups excluding tert-OH is 4. The van der Waals surface area contributed by atoms with Crippen LogP contribution in [-0.2, 0) is 9.53 Å². The van der Waals surface area contributed by atoms with E-state index in [1.165, 1.54) is 0 Å². The third-order valence-electron chi connectivity index (χ3n) is 11.8. The molecule has 0 amide bonds. The third kappa shape index (κ3) is 4.06. The lowest BCUT2D eigenvalue weighted by Gasteiger charge is -2.59. The number of hydrogen-bond acceptors (Lipinski definition) is 8. The Kier molecular flexibility index (Phi) is 7.19. The van der Waals surface area contributed by atoms with Gasteiger partial charge in [-0.15, -0.1) is 0 Å². The zero-order valence-electron chi connectivity index (χ0n) is 22.7. The standard InChI is InChI=1S/C28H48O8/c1-14(22(31)23(32)15(2)25(3,4)34)16-8-10-28(35)19-13-36-24(33)18-11-20(29)21(30)12-26(18,5)17(19)7-9-27(16,28)6/h14-23,29-32,34-35H,7-13H2,1-6H3/t14-,15-,16+,17-,18+,19+,20-,21+,22+,23+,26+,27+,28+/m0/s1. The van der Waals surface area contributed by atoms with E-state index < -0.39 is 58.3 Å². The van der Waals surface area contributed by atoms with Crippen molar-refractivity contribution in [3.63, 3.8) is 0 Å². The van der Waals surface area contributed by atoms with Crippen LogP contribution in [0.25, 0.3) is 0 Å². The molecule has 208 valence electrons. The Balaban J connectivity index is 1.63. The first-order chi connectivity index (χ1) is 16.5. The molecule has 0 radical (unpaired) electrons. The van der Waals surface area contributed by atoms with Gasteiger partial charge >= 0.3 is 5.97 Å². The van der Waals surface area contributed by atoms with E-state index in [0.717, 1.165) is 6.42 Å². The molecule has 1 heterocycles. The number of aliphatic hydroxyl groups is 6. The van der Waals surface area contributed by atoms with Gasteiger partial charge in [0.15, 0.2) is 0 Å². The largest absolute Gasteiger partial charge is 0.465 e. The van der Waals surface area contributed by atoms with Crippen LogP contribution >= 0.6 is 0 Å². The highest BCUT2D eigenvalue weighted by molar-refractivity contribution is 5.74. The van der Waals surface area contributed by atoms with Crippen molar-refractivity contribution in [3.8, 4) is 0 Å². The normalized spacial score (nSPS) is 48.5. The van der Waals surface area contributed by atoms with Crippen molar-refractivity contribution >= 4 is 5.97 Å². The van der Waals surface area contributed by atoms with Crippen molar-refractivity contribution in [2.45, 2.75) is 116 Å². The fourth-order valence-electron chi connectivity index (χ4n) is 8.89. The summed E-state index contributed by atoms with van der Waals surface area (Å²) in [5, 5.41) is 65.7. The van der Waals surface area contributed by atoms with Crippen LogP contribution in [-0.4, -0.2) is 78.8 Å². The lowest BCUT2D eigenvalue weighted by atomic mass is 9.47. The minimum Gasteiger partial charge on any atom is -0.465 e. The molecule has 3 aliphatic carbocycles. The lowest BCUT2D eigenvalue weighted by Crippen LogP contribution is -2.62. The number of carbonyl (C=O) groups is 1. The second-order valence-electron chi connectivity index (χ2n) is 13.8. The van der Waals surface area contributed by atoms with Crippen LogP contribution in [0.2, 0.25) is 0 Å². The number of carbonyl (C=O) groups excluding carboxylic acids is 1. The molecule has 4 rings (SSSR count). The summed E-state index contributed by atoms with van der Waals surface area (Å²) in [7, 11) is 0. The SMILES string of the molecule is C[C@H]([C@@H](O)[C@H](O)[C@H](C)C(C)(C)O)[C@H]1CC[C@@]2(O)[C@@H]3COC(=O)[C@H]4C[C@H](O)[C@H](O)C[C@]4(C)[C@H]3CC[C@]12C. The number of hydrogen-bond donors (Lipinski definition) is 6. The van der Waals surface area contributed by atoms with E-state index in [-0.39, 0.29) is 42.7 Å². The first kappa shape index (κ1) is 28.2. The van der Waals surface area contributed by atoms with Gasteiger partial charge in [0.1, 0.15) is 0 Å². The van der Waals surface area contributed by atoms with Gasteiger partial charge in [0.2, 0.25) is 0 Å². The number of fused-ring (bicyclic) bond motifs is 5. The zero-order chi connectivity index (χ0) is 27.0. The van der Waals surface area contributed by atoms with E-state index in [0.29, 0.717) is 25.7 Å². The number of esters is 1. The van der Waals surface area contributed by atoms with Crippen LogP contribution in [0.15, 0.2) is 0 Å². The fourth-order valence-corrected chi connectivity index (χ4v) is 8.89. The summed E-state index contributed by atoms with van der Waals surface area (Å²) in [6, 6.07) is 0. The van der Waals surface area contributed by atoms with Crippen LogP contribution in [0, 0.1) is 46.3 Å². The molecule has 0 unspecified atom stereocenters. The van der Waals surface area contributed by atoms with E-state index in [2.05, 4.69) is 6.92 Å². The van der Waals surface area contributed by atoms with Crippen LogP contribution in [0.1, 0.15) is 80.1 Å². The van der Waals surface area contributed by atoms with Crippen molar-refractivity contribution in [3.05, 3.63) is 0 Å².